The van der Waals surface area contributed by atoms with E-state index in [2.05, 4.69) is 5.32 Å². The molecule has 18 heavy (non-hydrogen) atoms. The van der Waals surface area contributed by atoms with Gasteiger partial charge in [0.15, 0.2) is 0 Å². The molecule has 3 nitrogen and oxygen atoms in total. The third-order valence-corrected chi connectivity index (χ3v) is 3.85. The molecule has 1 aliphatic carbocycles. The van der Waals surface area contributed by atoms with E-state index >= 15 is 0 Å². The second kappa shape index (κ2) is 5.06. The number of benzene rings is 1. The Labute approximate surface area is 107 Å². The highest BCUT2D eigenvalue weighted by Gasteiger charge is 2.37. The van der Waals surface area contributed by atoms with Crippen LogP contribution in [0.25, 0.3) is 0 Å². The van der Waals surface area contributed by atoms with Gasteiger partial charge in [0.25, 0.3) is 0 Å². The standard InChI is InChI=1S/C14H19FN2O/c1-10-7-11(15)3-4-12(10)17-13(18)8-14(9-16)5-2-6-14/h3-4,7H,2,5-6,8-9,16H2,1H3,(H,17,18). The topological polar surface area (TPSA) is 55.1 Å². The van der Waals surface area contributed by atoms with Crippen molar-refractivity contribution >= 4 is 11.6 Å². The first kappa shape index (κ1) is 13.0. The number of carbonyl (C=O) groups is 1. The molecule has 0 saturated heterocycles. The van der Waals surface area contributed by atoms with E-state index in [4.69, 9.17) is 5.73 Å². The maximum atomic E-state index is 12.9. The molecule has 3 N–H and O–H groups in total. The Bertz CT molecular complexity index is 450. The highest BCUT2D eigenvalue weighted by molar-refractivity contribution is 5.92. The first-order valence-corrected chi connectivity index (χ1v) is 6.31. The molecule has 98 valence electrons. The van der Waals surface area contributed by atoms with Crippen LogP contribution in [0.4, 0.5) is 10.1 Å². The summed E-state index contributed by atoms with van der Waals surface area (Å²) in [5.74, 6) is -0.322. The van der Waals surface area contributed by atoms with E-state index < -0.39 is 0 Å². The van der Waals surface area contributed by atoms with Crippen molar-refractivity contribution < 1.29 is 9.18 Å². The van der Waals surface area contributed by atoms with Gasteiger partial charge in [0.2, 0.25) is 5.91 Å². The highest BCUT2D eigenvalue weighted by atomic mass is 19.1. The number of halogens is 1. The summed E-state index contributed by atoms with van der Waals surface area (Å²) in [7, 11) is 0. The molecular weight excluding hydrogens is 231 g/mol. The molecule has 1 aromatic carbocycles. The molecule has 0 unspecified atom stereocenters. The Balaban J connectivity index is 1.98. The van der Waals surface area contributed by atoms with Crippen LogP contribution in [-0.4, -0.2) is 12.5 Å². The van der Waals surface area contributed by atoms with E-state index in [0.29, 0.717) is 18.7 Å². The third-order valence-electron chi connectivity index (χ3n) is 3.85. The minimum atomic E-state index is -0.289. The number of hydrogen-bond donors (Lipinski definition) is 2. The number of anilines is 1. The van der Waals surface area contributed by atoms with Crippen molar-refractivity contribution in [2.75, 3.05) is 11.9 Å². The van der Waals surface area contributed by atoms with Crippen LogP contribution in [-0.2, 0) is 4.79 Å². The molecule has 2 rings (SSSR count). The molecule has 0 atom stereocenters. The average molecular weight is 250 g/mol. The molecule has 0 aromatic heterocycles. The van der Waals surface area contributed by atoms with Gasteiger partial charge < -0.3 is 11.1 Å². The fraction of sp³-hybridized carbons (Fsp3) is 0.500. The monoisotopic (exact) mass is 250 g/mol. The lowest BCUT2D eigenvalue weighted by atomic mass is 9.66. The lowest BCUT2D eigenvalue weighted by Crippen LogP contribution is -2.40. The van der Waals surface area contributed by atoms with E-state index in [-0.39, 0.29) is 17.1 Å². The van der Waals surface area contributed by atoms with Crippen LogP contribution in [0, 0.1) is 18.2 Å². The molecular formula is C14H19FN2O. The predicted octanol–water partition coefficient (Wildman–Crippen LogP) is 2.59. The smallest absolute Gasteiger partial charge is 0.224 e. The van der Waals surface area contributed by atoms with Crippen molar-refractivity contribution in [3.63, 3.8) is 0 Å². The predicted molar refractivity (Wildman–Crippen MR) is 69.7 cm³/mol. The molecule has 0 aliphatic heterocycles. The maximum absolute atomic E-state index is 12.9. The van der Waals surface area contributed by atoms with E-state index in [0.717, 1.165) is 24.8 Å². The van der Waals surface area contributed by atoms with Gasteiger partial charge in [0, 0.05) is 12.1 Å². The van der Waals surface area contributed by atoms with Crippen molar-refractivity contribution in [1.82, 2.24) is 0 Å². The summed E-state index contributed by atoms with van der Waals surface area (Å²) in [6, 6.07) is 4.36. The van der Waals surface area contributed by atoms with Gasteiger partial charge in [-0.3, -0.25) is 4.79 Å². The number of nitrogens with one attached hydrogen (secondary N) is 1. The Kier molecular flexibility index (Phi) is 3.66. The van der Waals surface area contributed by atoms with Crippen LogP contribution >= 0.6 is 0 Å². The van der Waals surface area contributed by atoms with Crippen molar-refractivity contribution in [3.05, 3.63) is 29.6 Å². The molecule has 1 amide bonds. The van der Waals surface area contributed by atoms with Gasteiger partial charge in [0.1, 0.15) is 5.82 Å². The SMILES string of the molecule is Cc1cc(F)ccc1NC(=O)CC1(CN)CCC1. The molecule has 1 aliphatic rings. The van der Waals surface area contributed by atoms with Gasteiger partial charge in [-0.25, -0.2) is 4.39 Å². The zero-order chi connectivity index (χ0) is 13.2. The molecule has 0 heterocycles. The number of hydrogen-bond acceptors (Lipinski definition) is 2. The first-order valence-electron chi connectivity index (χ1n) is 6.31. The first-order chi connectivity index (χ1) is 8.54. The number of rotatable bonds is 4. The number of aryl methyl sites for hydroxylation is 1. The second-order valence-electron chi connectivity index (χ2n) is 5.24. The molecule has 4 heteroatoms. The normalized spacial score (nSPS) is 17.1. The van der Waals surface area contributed by atoms with Gasteiger partial charge in [-0.2, -0.15) is 0 Å². The van der Waals surface area contributed by atoms with Crippen LogP contribution in [0.2, 0.25) is 0 Å². The number of nitrogens with two attached hydrogens (primary N) is 1. The van der Waals surface area contributed by atoms with Crippen LogP contribution in [0.5, 0.6) is 0 Å². The fourth-order valence-corrected chi connectivity index (χ4v) is 2.43. The Morgan fingerprint density at radius 3 is 2.72 bits per heavy atom. The second-order valence-corrected chi connectivity index (χ2v) is 5.24. The number of carbonyl (C=O) groups excluding carboxylic acids is 1. The molecule has 0 radical (unpaired) electrons. The summed E-state index contributed by atoms with van der Waals surface area (Å²) in [6.45, 7) is 2.34. The lowest BCUT2D eigenvalue weighted by Gasteiger charge is -2.40. The van der Waals surface area contributed by atoms with Crippen LogP contribution in [0.15, 0.2) is 18.2 Å². The van der Waals surface area contributed by atoms with Crippen molar-refractivity contribution in [1.29, 1.82) is 0 Å². The maximum Gasteiger partial charge on any atom is 0.224 e. The van der Waals surface area contributed by atoms with Crippen molar-refractivity contribution in [3.8, 4) is 0 Å². The number of amides is 1. The van der Waals surface area contributed by atoms with E-state index in [9.17, 15) is 9.18 Å². The molecule has 1 aromatic rings. The average Bonchev–Trinajstić information content (AvgIpc) is 2.27. The Morgan fingerprint density at radius 1 is 1.50 bits per heavy atom. The zero-order valence-corrected chi connectivity index (χ0v) is 10.6. The Hall–Kier alpha value is -1.42. The van der Waals surface area contributed by atoms with Crippen LogP contribution in [0.3, 0.4) is 0 Å². The van der Waals surface area contributed by atoms with Crippen molar-refractivity contribution in [2.24, 2.45) is 11.1 Å². The van der Waals surface area contributed by atoms with Crippen LogP contribution < -0.4 is 11.1 Å². The van der Waals surface area contributed by atoms with E-state index in [1.165, 1.54) is 12.1 Å². The van der Waals surface area contributed by atoms with Crippen molar-refractivity contribution in [2.45, 2.75) is 32.6 Å². The zero-order valence-electron chi connectivity index (χ0n) is 10.6. The minimum Gasteiger partial charge on any atom is -0.330 e. The summed E-state index contributed by atoms with van der Waals surface area (Å²) >= 11 is 0. The summed E-state index contributed by atoms with van der Waals surface area (Å²) in [5, 5.41) is 2.83. The lowest BCUT2D eigenvalue weighted by molar-refractivity contribution is -0.119. The largest absolute Gasteiger partial charge is 0.330 e. The van der Waals surface area contributed by atoms with Gasteiger partial charge in [0.05, 0.1) is 0 Å². The summed E-state index contributed by atoms with van der Waals surface area (Å²) in [5.41, 5.74) is 7.14. The van der Waals surface area contributed by atoms with E-state index in [1.54, 1.807) is 13.0 Å². The summed E-state index contributed by atoms with van der Waals surface area (Å²) < 4.78 is 12.9. The molecule has 0 bridgehead atoms. The molecule has 0 spiro atoms. The van der Waals surface area contributed by atoms with Gasteiger partial charge in [-0.05, 0) is 55.5 Å². The summed E-state index contributed by atoms with van der Waals surface area (Å²) in [6.07, 6.45) is 3.67. The minimum absolute atomic E-state index is 0.00197. The van der Waals surface area contributed by atoms with Gasteiger partial charge in [-0.15, -0.1) is 0 Å². The highest BCUT2D eigenvalue weighted by Crippen LogP contribution is 2.43. The van der Waals surface area contributed by atoms with Gasteiger partial charge >= 0.3 is 0 Å². The van der Waals surface area contributed by atoms with E-state index in [1.807, 2.05) is 0 Å². The molecule has 1 saturated carbocycles. The molecule has 1 fully saturated rings. The Morgan fingerprint density at radius 2 is 2.22 bits per heavy atom. The van der Waals surface area contributed by atoms with Crippen LogP contribution in [0.1, 0.15) is 31.2 Å². The quantitative estimate of drug-likeness (QED) is 0.863. The third kappa shape index (κ3) is 2.70. The summed E-state index contributed by atoms with van der Waals surface area (Å²) in [4.78, 5) is 12.0. The van der Waals surface area contributed by atoms with Gasteiger partial charge in [-0.1, -0.05) is 6.42 Å². The fourth-order valence-electron chi connectivity index (χ4n) is 2.43.